The van der Waals surface area contributed by atoms with Crippen molar-refractivity contribution >= 4 is 5.97 Å². The molecule has 3 atom stereocenters. The Balaban J connectivity index is 2.80. The van der Waals surface area contributed by atoms with Crippen molar-refractivity contribution in [2.45, 2.75) is 45.4 Å². The minimum absolute atomic E-state index is 0.358. The van der Waals surface area contributed by atoms with Gasteiger partial charge in [-0.1, -0.05) is 13.0 Å². The first-order valence-corrected chi connectivity index (χ1v) is 6.72. The highest BCUT2D eigenvalue weighted by atomic mass is 16.5. The van der Waals surface area contributed by atoms with Crippen LogP contribution in [0.25, 0.3) is 0 Å². The van der Waals surface area contributed by atoms with Gasteiger partial charge in [-0.15, -0.1) is 0 Å². The van der Waals surface area contributed by atoms with E-state index in [1.165, 1.54) is 0 Å². The van der Waals surface area contributed by atoms with Crippen LogP contribution in [0.5, 0.6) is 5.75 Å². The molecule has 0 aliphatic carbocycles. The second-order valence-corrected chi connectivity index (χ2v) is 4.93. The molecule has 0 saturated carbocycles. The van der Waals surface area contributed by atoms with Gasteiger partial charge in [0.05, 0.1) is 13.2 Å². The van der Waals surface area contributed by atoms with Crippen LogP contribution in [-0.2, 0) is 4.79 Å². The Kier molecular flexibility index (Phi) is 5.98. The van der Waals surface area contributed by atoms with Gasteiger partial charge in [-0.3, -0.25) is 10.1 Å². The number of carboxylic acid groups (broad SMARTS) is 1. The molecule has 3 unspecified atom stereocenters. The smallest absolute Gasteiger partial charge is 0.320 e. The molecule has 0 heterocycles. The summed E-state index contributed by atoms with van der Waals surface area (Å²) in [5, 5.41) is 22.3. The number of nitrogens with one attached hydrogen (secondary N) is 1. The van der Waals surface area contributed by atoms with Gasteiger partial charge in [0.15, 0.2) is 0 Å². The summed E-state index contributed by atoms with van der Waals surface area (Å²) in [5.74, 6) is -0.143. The van der Waals surface area contributed by atoms with Crippen molar-refractivity contribution in [2.75, 3.05) is 7.11 Å². The van der Waals surface area contributed by atoms with Gasteiger partial charge in [-0.05, 0) is 43.5 Å². The van der Waals surface area contributed by atoms with Gasteiger partial charge in [0.1, 0.15) is 11.8 Å². The van der Waals surface area contributed by atoms with Crippen LogP contribution in [0.4, 0.5) is 0 Å². The lowest BCUT2D eigenvalue weighted by Gasteiger charge is -2.24. The van der Waals surface area contributed by atoms with Crippen LogP contribution in [0.3, 0.4) is 0 Å². The summed E-state index contributed by atoms with van der Waals surface area (Å²) in [7, 11) is 1.60. The van der Waals surface area contributed by atoms with Crippen molar-refractivity contribution in [3.05, 3.63) is 29.3 Å². The largest absolute Gasteiger partial charge is 0.496 e. The molecule has 1 aromatic carbocycles. The van der Waals surface area contributed by atoms with E-state index in [2.05, 4.69) is 5.32 Å². The highest BCUT2D eigenvalue weighted by Gasteiger charge is 2.23. The third kappa shape index (κ3) is 3.95. The van der Waals surface area contributed by atoms with Crippen LogP contribution in [0.1, 0.15) is 37.5 Å². The van der Waals surface area contributed by atoms with E-state index in [9.17, 15) is 9.90 Å². The molecule has 3 N–H and O–H groups in total. The SMILES string of the molecule is CCC(NC(C)C(O)c1ccc(OC)c(C)c1)C(=O)O. The predicted molar refractivity (Wildman–Crippen MR) is 77.0 cm³/mol. The molecule has 0 saturated heterocycles. The fourth-order valence-corrected chi connectivity index (χ4v) is 2.15. The molecule has 5 heteroatoms. The van der Waals surface area contributed by atoms with Gasteiger partial charge in [0.2, 0.25) is 0 Å². The lowest BCUT2D eigenvalue weighted by molar-refractivity contribution is -0.140. The van der Waals surface area contributed by atoms with E-state index in [4.69, 9.17) is 9.84 Å². The van der Waals surface area contributed by atoms with E-state index >= 15 is 0 Å². The average Bonchev–Trinajstić information content (AvgIpc) is 2.43. The van der Waals surface area contributed by atoms with E-state index in [0.717, 1.165) is 16.9 Å². The van der Waals surface area contributed by atoms with Gasteiger partial charge < -0.3 is 14.9 Å². The molecule has 0 radical (unpaired) electrons. The monoisotopic (exact) mass is 281 g/mol. The van der Waals surface area contributed by atoms with Gasteiger partial charge in [-0.2, -0.15) is 0 Å². The summed E-state index contributed by atoms with van der Waals surface area (Å²) in [6.07, 6.45) is -0.304. The number of benzene rings is 1. The first-order valence-electron chi connectivity index (χ1n) is 6.72. The van der Waals surface area contributed by atoms with Crippen LogP contribution in [0, 0.1) is 6.92 Å². The molecule has 0 fully saturated rings. The first kappa shape index (κ1) is 16.5. The first-order chi connectivity index (χ1) is 9.40. The van der Waals surface area contributed by atoms with Gasteiger partial charge in [0.25, 0.3) is 0 Å². The second kappa shape index (κ2) is 7.26. The number of hydrogen-bond donors (Lipinski definition) is 3. The molecule has 20 heavy (non-hydrogen) atoms. The maximum Gasteiger partial charge on any atom is 0.320 e. The Morgan fingerprint density at radius 2 is 2.10 bits per heavy atom. The van der Waals surface area contributed by atoms with Crippen molar-refractivity contribution in [1.29, 1.82) is 0 Å². The number of methoxy groups -OCH3 is 1. The Labute approximate surface area is 119 Å². The van der Waals surface area contributed by atoms with Crippen LogP contribution in [-0.4, -0.2) is 35.4 Å². The van der Waals surface area contributed by atoms with Crippen molar-refractivity contribution in [3.8, 4) is 5.75 Å². The maximum absolute atomic E-state index is 11.0. The molecule has 0 aliphatic rings. The Hall–Kier alpha value is -1.59. The van der Waals surface area contributed by atoms with Gasteiger partial charge >= 0.3 is 5.97 Å². The zero-order valence-corrected chi connectivity index (χ0v) is 12.4. The highest BCUT2D eigenvalue weighted by molar-refractivity contribution is 5.73. The summed E-state index contributed by atoms with van der Waals surface area (Å²) < 4.78 is 5.18. The summed E-state index contributed by atoms with van der Waals surface area (Å²) in [5.41, 5.74) is 1.67. The van der Waals surface area contributed by atoms with Crippen molar-refractivity contribution in [1.82, 2.24) is 5.32 Å². The molecular formula is C15H23NO4. The lowest BCUT2D eigenvalue weighted by Crippen LogP contribution is -2.44. The van der Waals surface area contributed by atoms with Crippen molar-refractivity contribution in [2.24, 2.45) is 0 Å². The topological polar surface area (TPSA) is 78.8 Å². The van der Waals surface area contributed by atoms with Crippen molar-refractivity contribution < 1.29 is 19.7 Å². The number of aliphatic carboxylic acids is 1. The van der Waals surface area contributed by atoms with E-state index in [1.54, 1.807) is 33.1 Å². The highest BCUT2D eigenvalue weighted by Crippen LogP contribution is 2.24. The number of carboxylic acids is 1. The zero-order chi connectivity index (χ0) is 15.3. The Morgan fingerprint density at radius 1 is 1.45 bits per heavy atom. The van der Waals surface area contributed by atoms with E-state index < -0.39 is 18.1 Å². The fourth-order valence-electron chi connectivity index (χ4n) is 2.15. The molecule has 1 rings (SSSR count). The third-order valence-corrected chi connectivity index (χ3v) is 3.40. The minimum atomic E-state index is -0.905. The predicted octanol–water partition coefficient (Wildman–Crippen LogP) is 1.88. The molecule has 112 valence electrons. The second-order valence-electron chi connectivity index (χ2n) is 4.93. The fraction of sp³-hybridized carbons (Fsp3) is 0.533. The quantitative estimate of drug-likeness (QED) is 0.711. The lowest BCUT2D eigenvalue weighted by atomic mass is 10.00. The van der Waals surface area contributed by atoms with E-state index in [0.29, 0.717) is 6.42 Å². The molecule has 0 aliphatic heterocycles. The van der Waals surface area contributed by atoms with Crippen LogP contribution in [0.15, 0.2) is 18.2 Å². The third-order valence-electron chi connectivity index (χ3n) is 3.40. The van der Waals surface area contributed by atoms with Gasteiger partial charge in [0, 0.05) is 6.04 Å². The molecule has 0 bridgehead atoms. The molecular weight excluding hydrogens is 258 g/mol. The summed E-state index contributed by atoms with van der Waals surface area (Å²) >= 11 is 0. The van der Waals surface area contributed by atoms with E-state index in [-0.39, 0.29) is 6.04 Å². The normalized spacial score (nSPS) is 15.4. The zero-order valence-electron chi connectivity index (χ0n) is 12.4. The molecule has 0 aromatic heterocycles. The number of hydrogen-bond acceptors (Lipinski definition) is 4. The molecule has 0 spiro atoms. The number of aliphatic hydroxyl groups excluding tert-OH is 1. The number of aryl methyl sites for hydroxylation is 1. The van der Waals surface area contributed by atoms with E-state index in [1.807, 2.05) is 13.0 Å². The molecule has 1 aromatic rings. The van der Waals surface area contributed by atoms with Gasteiger partial charge in [-0.25, -0.2) is 0 Å². The minimum Gasteiger partial charge on any atom is -0.496 e. The summed E-state index contributed by atoms with van der Waals surface area (Å²) in [6.45, 7) is 5.47. The average molecular weight is 281 g/mol. The Bertz CT molecular complexity index is 461. The molecule has 0 amide bonds. The number of rotatable bonds is 7. The number of aliphatic hydroxyl groups is 1. The van der Waals surface area contributed by atoms with Crippen LogP contribution < -0.4 is 10.1 Å². The summed E-state index contributed by atoms with van der Waals surface area (Å²) in [4.78, 5) is 11.0. The van der Waals surface area contributed by atoms with Crippen LogP contribution >= 0.6 is 0 Å². The van der Waals surface area contributed by atoms with Crippen LogP contribution in [0.2, 0.25) is 0 Å². The number of ether oxygens (including phenoxy) is 1. The summed E-state index contributed by atoms with van der Waals surface area (Å²) in [6, 6.07) is 4.43. The standard InChI is InChI=1S/C15H23NO4/c1-5-12(15(18)19)16-10(3)14(17)11-6-7-13(20-4)9(2)8-11/h6-8,10,12,14,16-17H,5H2,1-4H3,(H,18,19). The van der Waals surface area contributed by atoms with Crippen molar-refractivity contribution in [3.63, 3.8) is 0 Å². The Morgan fingerprint density at radius 3 is 2.55 bits per heavy atom. The number of carbonyl (C=O) groups is 1. The maximum atomic E-state index is 11.0. The molecule has 5 nitrogen and oxygen atoms in total.